The summed E-state index contributed by atoms with van der Waals surface area (Å²) in [6, 6.07) is 8.61. The number of unbranched alkanes of at least 4 members (excludes halogenated alkanes) is 1. The van der Waals surface area contributed by atoms with Crippen molar-refractivity contribution >= 4 is 45.8 Å². The van der Waals surface area contributed by atoms with Crippen LogP contribution in [0.2, 0.25) is 10.3 Å². The van der Waals surface area contributed by atoms with Gasteiger partial charge in [0.1, 0.15) is 16.1 Å². The molecule has 0 radical (unpaired) electrons. The molecule has 2 aromatic heterocycles. The summed E-state index contributed by atoms with van der Waals surface area (Å²) in [4.78, 5) is 24.0. The number of rotatable bonds is 5. The van der Waals surface area contributed by atoms with Gasteiger partial charge in [0, 0.05) is 12.1 Å². The van der Waals surface area contributed by atoms with Gasteiger partial charge in [-0.2, -0.15) is 0 Å². The highest BCUT2D eigenvalue weighted by Crippen LogP contribution is 2.21. The van der Waals surface area contributed by atoms with Crippen LogP contribution in [0.1, 0.15) is 35.9 Å². The van der Waals surface area contributed by atoms with Gasteiger partial charge in [-0.15, -0.1) is 0 Å². The van der Waals surface area contributed by atoms with E-state index in [1.54, 1.807) is 6.07 Å². The summed E-state index contributed by atoms with van der Waals surface area (Å²) in [5.41, 5.74) is 2.70. The van der Waals surface area contributed by atoms with Crippen LogP contribution >= 0.6 is 23.2 Å². The van der Waals surface area contributed by atoms with Gasteiger partial charge in [0.15, 0.2) is 0 Å². The van der Waals surface area contributed by atoms with Gasteiger partial charge in [0.25, 0.3) is 5.91 Å². The second-order valence-corrected chi connectivity index (χ2v) is 6.19. The Bertz CT molecular complexity index is 891. The minimum absolute atomic E-state index is 0.0736. The van der Waals surface area contributed by atoms with Crippen LogP contribution in [0.15, 0.2) is 30.3 Å². The zero-order valence-electron chi connectivity index (χ0n) is 13.1. The van der Waals surface area contributed by atoms with Crippen LogP contribution in [0.4, 0.5) is 5.69 Å². The van der Waals surface area contributed by atoms with E-state index in [0.717, 1.165) is 36.1 Å². The first kappa shape index (κ1) is 16.7. The maximum absolute atomic E-state index is 12.3. The number of amides is 1. The number of hydrogen-bond donors (Lipinski definition) is 2. The molecular weight excluding hydrogens is 347 g/mol. The van der Waals surface area contributed by atoms with Gasteiger partial charge >= 0.3 is 0 Å². The van der Waals surface area contributed by atoms with Gasteiger partial charge in [-0.25, -0.2) is 9.97 Å². The third-order valence-corrected chi connectivity index (χ3v) is 4.11. The Labute approximate surface area is 149 Å². The number of aryl methyl sites for hydroxylation is 1. The number of benzene rings is 1. The Morgan fingerprint density at radius 2 is 2.04 bits per heavy atom. The van der Waals surface area contributed by atoms with Gasteiger partial charge in [-0.1, -0.05) is 36.5 Å². The largest absolute Gasteiger partial charge is 0.342 e. The molecule has 7 heteroatoms. The minimum Gasteiger partial charge on any atom is -0.342 e. The molecule has 124 valence electrons. The van der Waals surface area contributed by atoms with Crippen molar-refractivity contribution in [2.24, 2.45) is 0 Å². The van der Waals surface area contributed by atoms with Crippen molar-refractivity contribution in [3.8, 4) is 0 Å². The topological polar surface area (TPSA) is 70.7 Å². The lowest BCUT2D eigenvalue weighted by molar-refractivity contribution is 0.102. The van der Waals surface area contributed by atoms with Crippen molar-refractivity contribution < 1.29 is 4.79 Å². The van der Waals surface area contributed by atoms with Crippen LogP contribution in [0.3, 0.4) is 0 Å². The lowest BCUT2D eigenvalue weighted by Gasteiger charge is -2.06. The molecular formula is C17H16Cl2N4O. The molecule has 0 aliphatic rings. The van der Waals surface area contributed by atoms with Crippen molar-refractivity contribution in [1.82, 2.24) is 15.0 Å². The van der Waals surface area contributed by atoms with E-state index < -0.39 is 0 Å². The minimum atomic E-state index is -0.339. The van der Waals surface area contributed by atoms with Gasteiger partial charge < -0.3 is 10.3 Å². The van der Waals surface area contributed by atoms with E-state index in [1.807, 2.05) is 18.2 Å². The molecule has 2 heterocycles. The summed E-state index contributed by atoms with van der Waals surface area (Å²) in [5, 5.41) is 3.13. The summed E-state index contributed by atoms with van der Waals surface area (Å²) >= 11 is 11.7. The maximum Gasteiger partial charge on any atom is 0.258 e. The van der Waals surface area contributed by atoms with E-state index in [1.165, 1.54) is 6.07 Å². The Balaban J connectivity index is 1.80. The summed E-state index contributed by atoms with van der Waals surface area (Å²) in [6.07, 6.45) is 3.12. The number of nitrogens with one attached hydrogen (secondary N) is 2. The number of anilines is 1. The smallest absolute Gasteiger partial charge is 0.258 e. The SMILES string of the molecule is CCCCc1nc2ccc(NC(=O)c3ccc(Cl)nc3Cl)cc2[nH]1. The molecule has 0 aliphatic carbocycles. The monoisotopic (exact) mass is 362 g/mol. The van der Waals surface area contributed by atoms with Crippen molar-refractivity contribution in [1.29, 1.82) is 0 Å². The number of carbonyl (C=O) groups excluding carboxylic acids is 1. The molecule has 2 N–H and O–H groups in total. The van der Waals surface area contributed by atoms with E-state index in [4.69, 9.17) is 23.2 Å². The number of imidazole rings is 1. The van der Waals surface area contributed by atoms with Gasteiger partial charge in [0.05, 0.1) is 16.6 Å². The molecule has 1 aromatic carbocycles. The quantitative estimate of drug-likeness (QED) is 0.636. The average molecular weight is 363 g/mol. The number of fused-ring (bicyclic) bond motifs is 1. The highest BCUT2D eigenvalue weighted by molar-refractivity contribution is 6.35. The second-order valence-electron chi connectivity index (χ2n) is 5.45. The number of aromatic amines is 1. The molecule has 3 rings (SSSR count). The number of nitrogens with zero attached hydrogens (tertiary/aromatic N) is 2. The summed E-state index contributed by atoms with van der Waals surface area (Å²) in [6.45, 7) is 2.15. The summed E-state index contributed by atoms with van der Waals surface area (Å²) in [5.74, 6) is 0.620. The molecule has 5 nitrogen and oxygen atoms in total. The fourth-order valence-electron chi connectivity index (χ4n) is 2.38. The number of pyridine rings is 1. The first-order chi connectivity index (χ1) is 11.6. The molecule has 0 saturated carbocycles. The van der Waals surface area contributed by atoms with Crippen molar-refractivity contribution in [3.63, 3.8) is 0 Å². The highest BCUT2D eigenvalue weighted by atomic mass is 35.5. The molecule has 0 atom stereocenters. The Kier molecular flexibility index (Phi) is 5.02. The lowest BCUT2D eigenvalue weighted by Crippen LogP contribution is -2.12. The second kappa shape index (κ2) is 7.20. The Morgan fingerprint density at radius 3 is 2.79 bits per heavy atom. The summed E-state index contributed by atoms with van der Waals surface area (Å²) in [7, 11) is 0. The summed E-state index contributed by atoms with van der Waals surface area (Å²) < 4.78 is 0. The maximum atomic E-state index is 12.3. The first-order valence-electron chi connectivity index (χ1n) is 7.69. The van der Waals surface area contributed by atoms with E-state index in [2.05, 4.69) is 27.2 Å². The van der Waals surface area contributed by atoms with Crippen molar-refractivity contribution in [2.75, 3.05) is 5.32 Å². The zero-order chi connectivity index (χ0) is 17.1. The van der Waals surface area contributed by atoms with E-state index >= 15 is 0 Å². The molecule has 0 bridgehead atoms. The molecule has 1 amide bonds. The van der Waals surface area contributed by atoms with E-state index in [0.29, 0.717) is 5.69 Å². The molecule has 0 spiro atoms. The molecule has 24 heavy (non-hydrogen) atoms. The molecule has 0 aliphatic heterocycles. The van der Waals surface area contributed by atoms with Crippen LogP contribution in [0.25, 0.3) is 11.0 Å². The van der Waals surface area contributed by atoms with Gasteiger partial charge in [-0.05, 0) is 36.8 Å². The predicted octanol–water partition coefficient (Wildman–Crippen LogP) is 4.86. The van der Waals surface area contributed by atoms with Crippen molar-refractivity contribution in [2.45, 2.75) is 26.2 Å². The van der Waals surface area contributed by atoms with Crippen LogP contribution in [0.5, 0.6) is 0 Å². The van der Waals surface area contributed by atoms with Crippen LogP contribution in [-0.4, -0.2) is 20.9 Å². The van der Waals surface area contributed by atoms with Crippen LogP contribution in [0, 0.1) is 0 Å². The third-order valence-electron chi connectivity index (χ3n) is 3.62. The predicted molar refractivity (Wildman–Crippen MR) is 96.9 cm³/mol. The molecule has 3 aromatic rings. The van der Waals surface area contributed by atoms with Gasteiger partial charge in [-0.3, -0.25) is 4.79 Å². The number of aromatic nitrogens is 3. The molecule has 0 saturated heterocycles. The standard InChI is InChI=1S/C17H16Cl2N4O/c1-2-3-4-15-21-12-7-5-10(9-13(12)22-15)20-17(24)11-6-8-14(18)23-16(11)19/h5-9H,2-4H2,1H3,(H,20,24)(H,21,22). The Morgan fingerprint density at radius 1 is 1.21 bits per heavy atom. The van der Waals surface area contributed by atoms with Crippen LogP contribution in [-0.2, 0) is 6.42 Å². The third kappa shape index (κ3) is 3.68. The van der Waals surface area contributed by atoms with E-state index in [9.17, 15) is 4.79 Å². The van der Waals surface area contributed by atoms with Gasteiger partial charge in [0.2, 0.25) is 0 Å². The molecule has 0 unspecified atom stereocenters. The number of H-pyrrole nitrogens is 1. The fraction of sp³-hybridized carbons (Fsp3) is 0.235. The number of carbonyl (C=O) groups is 1. The Hall–Kier alpha value is -2.11. The lowest BCUT2D eigenvalue weighted by atomic mass is 10.2. The highest BCUT2D eigenvalue weighted by Gasteiger charge is 2.13. The normalized spacial score (nSPS) is 11.0. The number of halogens is 2. The van der Waals surface area contributed by atoms with Crippen LogP contribution < -0.4 is 5.32 Å². The van der Waals surface area contributed by atoms with Crippen molar-refractivity contribution in [3.05, 3.63) is 52.0 Å². The zero-order valence-corrected chi connectivity index (χ0v) is 14.6. The number of hydrogen-bond acceptors (Lipinski definition) is 3. The molecule has 0 fully saturated rings. The average Bonchev–Trinajstić information content (AvgIpc) is 2.94. The fourth-order valence-corrected chi connectivity index (χ4v) is 2.81. The first-order valence-corrected chi connectivity index (χ1v) is 8.44. The van der Waals surface area contributed by atoms with E-state index in [-0.39, 0.29) is 21.8 Å².